The maximum Gasteiger partial charge on any atom is 0.258 e. The Morgan fingerprint density at radius 2 is 0.958 bits per heavy atom. The number of hydrogen-bond donors (Lipinski definition) is 0. The van der Waals surface area contributed by atoms with E-state index in [1.54, 1.807) is 41.7 Å². The lowest BCUT2D eigenvalue weighted by molar-refractivity contribution is 0.687. The van der Waals surface area contributed by atoms with Crippen molar-refractivity contribution in [2.75, 3.05) is 0 Å². The smallest absolute Gasteiger partial charge is 0.258 e. The third kappa shape index (κ3) is 6.21. The fraction of sp³-hybridized carbons (Fsp3) is 0.103. The molecule has 236 valence electrons. The van der Waals surface area contributed by atoms with Crippen molar-refractivity contribution in [3.8, 4) is 22.3 Å². The quantitative estimate of drug-likeness (QED) is 0.215. The van der Waals surface area contributed by atoms with Crippen LogP contribution in [0.3, 0.4) is 0 Å². The van der Waals surface area contributed by atoms with Crippen LogP contribution in [0.4, 0.5) is 0 Å². The molecule has 0 aliphatic rings. The minimum atomic E-state index is -0.0205. The van der Waals surface area contributed by atoms with Gasteiger partial charge in [0, 0.05) is 84.3 Å². The van der Waals surface area contributed by atoms with E-state index in [1.165, 1.54) is 11.1 Å². The van der Waals surface area contributed by atoms with Crippen molar-refractivity contribution in [2.24, 2.45) is 14.1 Å². The molecule has 3 aromatic carbocycles. The van der Waals surface area contributed by atoms with E-state index in [2.05, 4.69) is 39.4 Å². The molecule has 8 aromatic rings. The predicted molar refractivity (Wildman–Crippen MR) is 190 cm³/mol. The second kappa shape index (κ2) is 13.2. The molecular formula is C39H33N7O2. The van der Waals surface area contributed by atoms with E-state index >= 15 is 0 Å². The average Bonchev–Trinajstić information content (AvgIpc) is 3.79. The lowest BCUT2D eigenvalue weighted by atomic mass is 10.0. The highest BCUT2D eigenvalue weighted by atomic mass is 16.1. The van der Waals surface area contributed by atoms with Crippen molar-refractivity contribution in [3.63, 3.8) is 0 Å². The van der Waals surface area contributed by atoms with E-state index in [4.69, 9.17) is 0 Å². The fourth-order valence-corrected chi connectivity index (χ4v) is 5.90. The summed E-state index contributed by atoms with van der Waals surface area (Å²) in [6.07, 6.45) is 14.8. The van der Waals surface area contributed by atoms with Crippen molar-refractivity contribution in [1.29, 1.82) is 0 Å². The average molecular weight is 632 g/mol. The predicted octanol–water partition coefficient (Wildman–Crippen LogP) is 6.30. The van der Waals surface area contributed by atoms with Crippen molar-refractivity contribution in [2.45, 2.75) is 13.1 Å². The maximum absolute atomic E-state index is 12.3. The topological polar surface area (TPSA) is 92.5 Å². The Hall–Kier alpha value is -6.35. The van der Waals surface area contributed by atoms with Gasteiger partial charge in [0.2, 0.25) is 0 Å². The van der Waals surface area contributed by atoms with Crippen LogP contribution in [0, 0.1) is 0 Å². The Morgan fingerprint density at radius 3 is 1.50 bits per heavy atom. The molecule has 0 N–H and O–H groups in total. The van der Waals surface area contributed by atoms with E-state index in [9.17, 15) is 9.59 Å². The third-order valence-electron chi connectivity index (χ3n) is 8.34. The van der Waals surface area contributed by atoms with Gasteiger partial charge in [-0.15, -0.1) is 0 Å². The molecule has 0 atom stereocenters. The first-order valence-electron chi connectivity index (χ1n) is 15.6. The van der Waals surface area contributed by atoms with Crippen LogP contribution in [0.2, 0.25) is 0 Å². The third-order valence-corrected chi connectivity index (χ3v) is 8.34. The summed E-state index contributed by atoms with van der Waals surface area (Å²) in [5.74, 6) is 0. The zero-order valence-electron chi connectivity index (χ0n) is 26.6. The summed E-state index contributed by atoms with van der Waals surface area (Å²) in [4.78, 5) is 28.7. The van der Waals surface area contributed by atoms with E-state index in [-0.39, 0.29) is 11.1 Å². The number of aryl methyl sites for hydroxylation is 2. The number of benzene rings is 3. The molecule has 0 aliphatic carbocycles. The van der Waals surface area contributed by atoms with Gasteiger partial charge in [0.1, 0.15) is 0 Å². The molecule has 0 saturated carbocycles. The standard InChI is InChI=1S/C20H17N3O.C19H16N4O/c1-22-14-19(17-9-5-6-10-18(17)20(22)24)16-11-21-23(13-16)12-15-7-3-2-4-8-15;1-22-13-18(17-10-20-8-7-16(17)19(22)24)15-9-21-23(12-15)11-14-5-3-2-4-6-14/h2-11,13-14H,12H2,1H3;2-10,12-13H,11H2,1H3. The summed E-state index contributed by atoms with van der Waals surface area (Å²) in [7, 11) is 3.55. The van der Waals surface area contributed by atoms with Crippen LogP contribution in [0.5, 0.6) is 0 Å². The van der Waals surface area contributed by atoms with Crippen LogP contribution in [0.1, 0.15) is 11.1 Å². The van der Waals surface area contributed by atoms with Crippen molar-refractivity contribution >= 4 is 21.5 Å². The first-order chi connectivity index (χ1) is 23.4. The van der Waals surface area contributed by atoms with E-state index in [0.29, 0.717) is 11.9 Å². The molecule has 5 heterocycles. The van der Waals surface area contributed by atoms with Gasteiger partial charge in [-0.2, -0.15) is 10.2 Å². The summed E-state index contributed by atoms with van der Waals surface area (Å²) < 4.78 is 7.06. The molecule has 48 heavy (non-hydrogen) atoms. The number of fused-ring (bicyclic) bond motifs is 2. The number of rotatable bonds is 6. The molecule has 0 bridgehead atoms. The van der Waals surface area contributed by atoms with Crippen LogP contribution in [-0.4, -0.2) is 33.7 Å². The SMILES string of the molecule is Cn1cc(-c2cnn(Cc3ccccc3)c2)c2ccccc2c1=O.Cn1cc(-c2cnn(Cc3ccccc3)c2)c2cnccc2c1=O. The lowest BCUT2D eigenvalue weighted by Crippen LogP contribution is -2.16. The van der Waals surface area contributed by atoms with E-state index in [1.807, 2.05) is 107 Å². The number of pyridine rings is 3. The molecule has 0 spiro atoms. The second-order valence-corrected chi connectivity index (χ2v) is 11.7. The Morgan fingerprint density at radius 1 is 0.500 bits per heavy atom. The Kier molecular flexibility index (Phi) is 8.32. The van der Waals surface area contributed by atoms with Gasteiger partial charge in [-0.25, -0.2) is 0 Å². The van der Waals surface area contributed by atoms with Gasteiger partial charge in [0.25, 0.3) is 11.1 Å². The largest absolute Gasteiger partial charge is 0.317 e. The second-order valence-electron chi connectivity index (χ2n) is 11.7. The normalized spacial score (nSPS) is 11.0. The molecule has 9 nitrogen and oxygen atoms in total. The Labute approximate surface area is 276 Å². The molecule has 0 aliphatic heterocycles. The number of nitrogens with zero attached hydrogens (tertiary/aromatic N) is 7. The molecule has 0 fully saturated rings. The molecule has 8 rings (SSSR count). The zero-order chi connectivity index (χ0) is 33.0. The fourth-order valence-electron chi connectivity index (χ4n) is 5.90. The summed E-state index contributed by atoms with van der Waals surface area (Å²) >= 11 is 0. The van der Waals surface area contributed by atoms with E-state index in [0.717, 1.165) is 45.0 Å². The first kappa shape index (κ1) is 30.3. The monoisotopic (exact) mass is 631 g/mol. The summed E-state index contributed by atoms with van der Waals surface area (Å²) in [6, 6.07) is 29.9. The molecular weight excluding hydrogens is 598 g/mol. The molecule has 0 unspecified atom stereocenters. The highest BCUT2D eigenvalue weighted by molar-refractivity contribution is 5.96. The van der Waals surface area contributed by atoms with Crippen LogP contribution in [0.25, 0.3) is 43.8 Å². The van der Waals surface area contributed by atoms with Crippen molar-refractivity contribution < 1.29 is 0 Å². The summed E-state index contributed by atoms with van der Waals surface area (Å²) in [5.41, 5.74) is 6.36. The molecule has 0 amide bonds. The van der Waals surface area contributed by atoms with Gasteiger partial charge in [-0.05, 0) is 28.6 Å². The number of aromatic nitrogens is 7. The van der Waals surface area contributed by atoms with Crippen LogP contribution < -0.4 is 11.1 Å². The Balaban J connectivity index is 0.000000152. The maximum atomic E-state index is 12.3. The van der Waals surface area contributed by atoms with Crippen LogP contribution in [-0.2, 0) is 27.2 Å². The Bertz CT molecular complexity index is 2300. The first-order valence-corrected chi connectivity index (χ1v) is 15.6. The highest BCUT2D eigenvalue weighted by Crippen LogP contribution is 2.27. The minimum absolute atomic E-state index is 0.0195. The van der Waals surface area contributed by atoms with Crippen molar-refractivity contribution in [3.05, 3.63) is 172 Å². The van der Waals surface area contributed by atoms with Crippen LogP contribution in [0.15, 0.2) is 150 Å². The van der Waals surface area contributed by atoms with Gasteiger partial charge in [0.05, 0.1) is 30.9 Å². The minimum Gasteiger partial charge on any atom is -0.317 e. The van der Waals surface area contributed by atoms with Gasteiger partial charge < -0.3 is 9.13 Å². The zero-order valence-corrected chi connectivity index (χ0v) is 26.6. The summed E-state index contributed by atoms with van der Waals surface area (Å²) in [6.45, 7) is 1.44. The van der Waals surface area contributed by atoms with Gasteiger partial charge in [0.15, 0.2) is 0 Å². The number of hydrogen-bond acceptors (Lipinski definition) is 5. The van der Waals surface area contributed by atoms with Crippen molar-refractivity contribution in [1.82, 2.24) is 33.7 Å². The van der Waals surface area contributed by atoms with Gasteiger partial charge in [-0.1, -0.05) is 78.9 Å². The molecule has 0 saturated heterocycles. The van der Waals surface area contributed by atoms with E-state index < -0.39 is 0 Å². The van der Waals surface area contributed by atoms with Crippen LogP contribution >= 0.6 is 0 Å². The van der Waals surface area contributed by atoms with Gasteiger partial charge >= 0.3 is 0 Å². The molecule has 9 heteroatoms. The molecule has 0 radical (unpaired) electrons. The lowest BCUT2D eigenvalue weighted by Gasteiger charge is -2.07. The van der Waals surface area contributed by atoms with Gasteiger partial charge in [-0.3, -0.25) is 23.9 Å². The highest BCUT2D eigenvalue weighted by Gasteiger charge is 2.12. The summed E-state index contributed by atoms with van der Waals surface area (Å²) in [5, 5.41) is 12.1. The molecule has 5 aromatic heterocycles.